The smallest absolute Gasteiger partial charge is 0.328 e. The van der Waals surface area contributed by atoms with Gasteiger partial charge in [0.05, 0.1) is 20.6 Å². The van der Waals surface area contributed by atoms with E-state index in [0.717, 1.165) is 0 Å². The van der Waals surface area contributed by atoms with Gasteiger partial charge in [0.15, 0.2) is 0 Å². The van der Waals surface area contributed by atoms with Gasteiger partial charge >= 0.3 is 11.9 Å². The summed E-state index contributed by atoms with van der Waals surface area (Å²) in [5.74, 6) is -1.52. The van der Waals surface area contributed by atoms with Crippen LogP contribution in [0.25, 0.3) is 0 Å². The zero-order chi connectivity index (χ0) is 12.6. The number of esters is 2. The van der Waals surface area contributed by atoms with E-state index in [4.69, 9.17) is 0 Å². The molecule has 16 heavy (non-hydrogen) atoms. The third-order valence-electron chi connectivity index (χ3n) is 1.90. The predicted molar refractivity (Wildman–Crippen MR) is 55.5 cm³/mol. The summed E-state index contributed by atoms with van der Waals surface area (Å²) in [5.41, 5.74) is 0. The standard InChI is InChI=1S/C10H17NO5/c1-4-5-8(12)11-7(10(14)16-3)6-9(13)15-2/h7H,4-6H2,1-3H3,(H,11,12)/t7-/m1/s1. The van der Waals surface area contributed by atoms with Gasteiger partial charge in [0.1, 0.15) is 6.04 Å². The molecule has 0 aliphatic carbocycles. The molecule has 0 aromatic heterocycles. The first-order chi connectivity index (χ1) is 7.54. The molecule has 0 radical (unpaired) electrons. The van der Waals surface area contributed by atoms with Crippen LogP contribution >= 0.6 is 0 Å². The Labute approximate surface area is 94.3 Å². The van der Waals surface area contributed by atoms with Crippen LogP contribution in [0.3, 0.4) is 0 Å². The SMILES string of the molecule is CCCC(=O)N[C@H](CC(=O)OC)C(=O)OC. The van der Waals surface area contributed by atoms with Crippen LogP contribution in [0.1, 0.15) is 26.2 Å². The molecular weight excluding hydrogens is 214 g/mol. The minimum atomic E-state index is -0.975. The molecule has 0 aromatic rings. The number of rotatable bonds is 6. The fourth-order valence-corrected chi connectivity index (χ4v) is 1.08. The lowest BCUT2D eigenvalue weighted by Gasteiger charge is -2.14. The van der Waals surface area contributed by atoms with Gasteiger partial charge < -0.3 is 14.8 Å². The minimum absolute atomic E-state index is 0.224. The molecule has 0 heterocycles. The van der Waals surface area contributed by atoms with E-state index in [-0.39, 0.29) is 12.3 Å². The monoisotopic (exact) mass is 231 g/mol. The summed E-state index contributed by atoms with van der Waals surface area (Å²) in [6, 6.07) is -0.975. The van der Waals surface area contributed by atoms with Crippen molar-refractivity contribution in [1.29, 1.82) is 0 Å². The largest absolute Gasteiger partial charge is 0.469 e. The van der Waals surface area contributed by atoms with E-state index in [1.807, 2.05) is 6.92 Å². The average Bonchev–Trinajstić information content (AvgIpc) is 2.27. The number of ether oxygens (including phenoxy) is 2. The predicted octanol–water partition coefficient (Wildman–Crippen LogP) is 0.00740. The fourth-order valence-electron chi connectivity index (χ4n) is 1.08. The Hall–Kier alpha value is -1.59. The molecule has 0 aliphatic rings. The van der Waals surface area contributed by atoms with E-state index in [0.29, 0.717) is 12.8 Å². The van der Waals surface area contributed by atoms with Gasteiger partial charge in [0.25, 0.3) is 0 Å². The highest BCUT2D eigenvalue weighted by molar-refractivity contribution is 5.87. The second-order valence-corrected chi connectivity index (χ2v) is 3.17. The van der Waals surface area contributed by atoms with Crippen LogP contribution in [0, 0.1) is 0 Å². The summed E-state index contributed by atoms with van der Waals surface area (Å²) in [5, 5.41) is 2.42. The van der Waals surface area contributed by atoms with Gasteiger partial charge in [-0.05, 0) is 6.42 Å². The van der Waals surface area contributed by atoms with Gasteiger partial charge in [-0.25, -0.2) is 4.79 Å². The molecule has 6 heteroatoms. The van der Waals surface area contributed by atoms with Crippen molar-refractivity contribution in [3.63, 3.8) is 0 Å². The number of hydrogen-bond donors (Lipinski definition) is 1. The van der Waals surface area contributed by atoms with Gasteiger partial charge in [-0.3, -0.25) is 9.59 Å². The average molecular weight is 231 g/mol. The zero-order valence-corrected chi connectivity index (χ0v) is 9.74. The van der Waals surface area contributed by atoms with Crippen molar-refractivity contribution in [2.45, 2.75) is 32.2 Å². The van der Waals surface area contributed by atoms with Crippen LogP contribution in [0.5, 0.6) is 0 Å². The van der Waals surface area contributed by atoms with Crippen molar-refractivity contribution in [3.05, 3.63) is 0 Å². The highest BCUT2D eigenvalue weighted by Gasteiger charge is 2.24. The molecule has 0 rings (SSSR count). The topological polar surface area (TPSA) is 81.7 Å². The van der Waals surface area contributed by atoms with E-state index in [1.54, 1.807) is 0 Å². The van der Waals surface area contributed by atoms with Gasteiger partial charge in [-0.1, -0.05) is 6.92 Å². The maximum absolute atomic E-state index is 11.3. The molecule has 6 nitrogen and oxygen atoms in total. The van der Waals surface area contributed by atoms with Crippen LogP contribution in [0.4, 0.5) is 0 Å². The molecule has 1 N–H and O–H groups in total. The van der Waals surface area contributed by atoms with Crippen LogP contribution in [-0.2, 0) is 23.9 Å². The van der Waals surface area contributed by atoms with Crippen LogP contribution in [-0.4, -0.2) is 38.1 Å². The van der Waals surface area contributed by atoms with Crippen molar-refractivity contribution >= 4 is 17.8 Å². The Morgan fingerprint density at radius 3 is 2.25 bits per heavy atom. The molecule has 0 fully saturated rings. The van der Waals surface area contributed by atoms with Crippen molar-refractivity contribution in [2.75, 3.05) is 14.2 Å². The van der Waals surface area contributed by atoms with Gasteiger partial charge in [0.2, 0.25) is 5.91 Å². The molecule has 1 amide bonds. The van der Waals surface area contributed by atoms with Crippen LogP contribution in [0.15, 0.2) is 0 Å². The molecule has 92 valence electrons. The van der Waals surface area contributed by atoms with Crippen molar-refractivity contribution in [1.82, 2.24) is 5.32 Å². The molecule has 0 bridgehead atoms. The fraction of sp³-hybridized carbons (Fsp3) is 0.700. The third-order valence-corrected chi connectivity index (χ3v) is 1.90. The van der Waals surface area contributed by atoms with E-state index >= 15 is 0 Å². The lowest BCUT2D eigenvalue weighted by atomic mass is 10.2. The maximum atomic E-state index is 11.3. The molecule has 1 atom stereocenters. The van der Waals surface area contributed by atoms with E-state index in [9.17, 15) is 14.4 Å². The summed E-state index contributed by atoms with van der Waals surface area (Å²) in [7, 11) is 2.41. The Morgan fingerprint density at radius 2 is 1.81 bits per heavy atom. The summed E-state index contributed by atoms with van der Waals surface area (Å²) in [4.78, 5) is 33.5. The molecule has 0 unspecified atom stereocenters. The summed E-state index contributed by atoms with van der Waals surface area (Å²) in [6.07, 6.45) is 0.741. The molecule has 0 saturated heterocycles. The Bertz CT molecular complexity index is 264. The number of carbonyl (C=O) groups is 3. The first-order valence-electron chi connectivity index (χ1n) is 4.99. The maximum Gasteiger partial charge on any atom is 0.328 e. The molecular formula is C10H17NO5. The van der Waals surface area contributed by atoms with Crippen LogP contribution < -0.4 is 5.32 Å². The van der Waals surface area contributed by atoms with Crippen molar-refractivity contribution in [2.24, 2.45) is 0 Å². The van der Waals surface area contributed by atoms with Crippen molar-refractivity contribution in [3.8, 4) is 0 Å². The number of amides is 1. The summed E-state index contributed by atoms with van der Waals surface area (Å²) >= 11 is 0. The Kier molecular flexibility index (Phi) is 6.91. The molecule has 0 aliphatic heterocycles. The van der Waals surface area contributed by atoms with E-state index in [1.165, 1.54) is 14.2 Å². The van der Waals surface area contributed by atoms with Gasteiger partial charge in [-0.2, -0.15) is 0 Å². The number of carbonyl (C=O) groups excluding carboxylic acids is 3. The normalized spacial score (nSPS) is 11.4. The summed E-state index contributed by atoms with van der Waals surface area (Å²) < 4.78 is 8.89. The Morgan fingerprint density at radius 1 is 1.19 bits per heavy atom. The quantitative estimate of drug-likeness (QED) is 0.651. The second kappa shape index (κ2) is 7.67. The first-order valence-corrected chi connectivity index (χ1v) is 4.99. The zero-order valence-electron chi connectivity index (χ0n) is 9.74. The van der Waals surface area contributed by atoms with E-state index < -0.39 is 18.0 Å². The van der Waals surface area contributed by atoms with E-state index in [2.05, 4.69) is 14.8 Å². The van der Waals surface area contributed by atoms with Crippen molar-refractivity contribution < 1.29 is 23.9 Å². The molecule has 0 aromatic carbocycles. The Balaban J connectivity index is 4.37. The highest BCUT2D eigenvalue weighted by Crippen LogP contribution is 1.99. The number of hydrogen-bond acceptors (Lipinski definition) is 5. The number of methoxy groups -OCH3 is 2. The minimum Gasteiger partial charge on any atom is -0.469 e. The first kappa shape index (κ1) is 14.4. The number of nitrogens with one attached hydrogen (secondary N) is 1. The summed E-state index contributed by atoms with van der Waals surface area (Å²) in [6.45, 7) is 1.84. The van der Waals surface area contributed by atoms with Crippen LogP contribution in [0.2, 0.25) is 0 Å². The molecule has 0 saturated carbocycles. The lowest BCUT2D eigenvalue weighted by molar-refractivity contribution is -0.150. The highest BCUT2D eigenvalue weighted by atomic mass is 16.5. The third kappa shape index (κ3) is 5.33. The second-order valence-electron chi connectivity index (χ2n) is 3.17. The lowest BCUT2D eigenvalue weighted by Crippen LogP contribution is -2.43. The van der Waals surface area contributed by atoms with Gasteiger partial charge in [0, 0.05) is 6.42 Å². The molecule has 0 spiro atoms. The van der Waals surface area contributed by atoms with Gasteiger partial charge in [-0.15, -0.1) is 0 Å².